The number of halogens is 1. The van der Waals surface area contributed by atoms with E-state index in [0.717, 1.165) is 9.87 Å². The van der Waals surface area contributed by atoms with Crippen molar-refractivity contribution < 1.29 is 12.8 Å². The molecule has 0 bridgehead atoms. The highest BCUT2D eigenvalue weighted by molar-refractivity contribution is 7.89. The highest BCUT2D eigenvalue weighted by atomic mass is 32.2. The van der Waals surface area contributed by atoms with Crippen molar-refractivity contribution in [3.63, 3.8) is 0 Å². The fourth-order valence-electron chi connectivity index (χ4n) is 2.07. The summed E-state index contributed by atoms with van der Waals surface area (Å²) in [5.41, 5.74) is 1.23. The van der Waals surface area contributed by atoms with Gasteiger partial charge in [-0.3, -0.25) is 4.68 Å². The Morgan fingerprint density at radius 3 is 2.64 bits per heavy atom. The van der Waals surface area contributed by atoms with Gasteiger partial charge in [0.1, 0.15) is 10.7 Å². The summed E-state index contributed by atoms with van der Waals surface area (Å²) in [6.07, 6.45) is 2.81. The maximum atomic E-state index is 13.8. The van der Waals surface area contributed by atoms with Gasteiger partial charge in [-0.2, -0.15) is 9.40 Å². The van der Waals surface area contributed by atoms with Gasteiger partial charge >= 0.3 is 0 Å². The van der Waals surface area contributed by atoms with Crippen LogP contribution in [-0.4, -0.2) is 29.6 Å². The van der Waals surface area contributed by atoms with Crippen molar-refractivity contribution in [3.8, 4) is 0 Å². The molecule has 0 aliphatic heterocycles. The standard InChI is InChI=1S/C15H20FN3O2S/c1-11(2)19-10-14(8-17-19)22(20,21)18(4)9-13-7-12(3)5-6-15(13)16/h5-8,10-11H,9H2,1-4H3. The van der Waals surface area contributed by atoms with Gasteiger partial charge in [-0.1, -0.05) is 17.7 Å². The highest BCUT2D eigenvalue weighted by Gasteiger charge is 2.24. The monoisotopic (exact) mass is 325 g/mol. The summed E-state index contributed by atoms with van der Waals surface area (Å²) < 4.78 is 41.5. The molecule has 120 valence electrons. The Kier molecular flexibility index (Phi) is 4.67. The first kappa shape index (κ1) is 16.6. The van der Waals surface area contributed by atoms with Crippen LogP contribution in [0.25, 0.3) is 0 Å². The third kappa shape index (κ3) is 3.36. The molecule has 0 aliphatic rings. The quantitative estimate of drug-likeness (QED) is 0.849. The van der Waals surface area contributed by atoms with E-state index in [1.54, 1.807) is 16.8 Å². The van der Waals surface area contributed by atoms with Gasteiger partial charge in [-0.15, -0.1) is 0 Å². The van der Waals surface area contributed by atoms with Crippen LogP contribution in [0.5, 0.6) is 0 Å². The number of sulfonamides is 1. The van der Waals surface area contributed by atoms with Gasteiger partial charge in [0.2, 0.25) is 10.0 Å². The van der Waals surface area contributed by atoms with Crippen molar-refractivity contribution in [2.24, 2.45) is 0 Å². The fraction of sp³-hybridized carbons (Fsp3) is 0.400. The minimum Gasteiger partial charge on any atom is -0.269 e. The number of aryl methyl sites for hydroxylation is 1. The molecular weight excluding hydrogens is 305 g/mol. The SMILES string of the molecule is Cc1ccc(F)c(CN(C)S(=O)(=O)c2cnn(C(C)C)c2)c1. The van der Waals surface area contributed by atoms with Crippen LogP contribution in [0.2, 0.25) is 0 Å². The molecule has 1 aromatic carbocycles. The second-order valence-corrected chi connectivity index (χ2v) is 7.65. The summed E-state index contributed by atoms with van der Waals surface area (Å²) in [5.74, 6) is -0.412. The molecule has 0 atom stereocenters. The molecule has 22 heavy (non-hydrogen) atoms. The lowest BCUT2D eigenvalue weighted by molar-refractivity contribution is 0.456. The molecule has 0 fully saturated rings. The van der Waals surface area contributed by atoms with E-state index >= 15 is 0 Å². The molecule has 0 spiro atoms. The number of aromatic nitrogens is 2. The van der Waals surface area contributed by atoms with Gasteiger partial charge in [-0.05, 0) is 26.8 Å². The van der Waals surface area contributed by atoms with Crippen molar-refractivity contribution in [2.45, 2.75) is 38.3 Å². The van der Waals surface area contributed by atoms with E-state index in [-0.39, 0.29) is 17.5 Å². The molecule has 0 saturated carbocycles. The Bertz CT molecular complexity index is 769. The Morgan fingerprint density at radius 2 is 2.05 bits per heavy atom. The minimum atomic E-state index is -3.70. The highest BCUT2D eigenvalue weighted by Crippen LogP contribution is 2.19. The van der Waals surface area contributed by atoms with Crippen molar-refractivity contribution >= 4 is 10.0 Å². The number of hydrogen-bond acceptors (Lipinski definition) is 3. The van der Waals surface area contributed by atoms with E-state index in [2.05, 4.69) is 5.10 Å². The molecule has 0 unspecified atom stereocenters. The van der Waals surface area contributed by atoms with Crippen LogP contribution in [0.1, 0.15) is 31.0 Å². The van der Waals surface area contributed by atoms with Crippen LogP contribution >= 0.6 is 0 Å². The zero-order valence-corrected chi connectivity index (χ0v) is 13.9. The topological polar surface area (TPSA) is 55.2 Å². The molecule has 0 radical (unpaired) electrons. The maximum absolute atomic E-state index is 13.8. The van der Waals surface area contributed by atoms with Crippen molar-refractivity contribution in [1.82, 2.24) is 14.1 Å². The van der Waals surface area contributed by atoms with E-state index in [1.807, 2.05) is 20.8 Å². The number of hydrogen-bond donors (Lipinski definition) is 0. The Hall–Kier alpha value is -1.73. The summed E-state index contributed by atoms with van der Waals surface area (Å²) in [5, 5.41) is 4.04. The zero-order chi connectivity index (χ0) is 16.5. The average molecular weight is 325 g/mol. The summed E-state index contributed by atoms with van der Waals surface area (Å²) in [6.45, 7) is 5.64. The Balaban J connectivity index is 2.26. The van der Waals surface area contributed by atoms with Crippen LogP contribution in [0.4, 0.5) is 4.39 Å². The van der Waals surface area contributed by atoms with Gasteiger partial charge in [0.25, 0.3) is 0 Å². The van der Waals surface area contributed by atoms with E-state index in [4.69, 9.17) is 0 Å². The number of benzene rings is 1. The van der Waals surface area contributed by atoms with Gasteiger partial charge in [0.15, 0.2) is 0 Å². The smallest absolute Gasteiger partial charge is 0.246 e. The zero-order valence-electron chi connectivity index (χ0n) is 13.1. The summed E-state index contributed by atoms with van der Waals surface area (Å²) >= 11 is 0. The predicted octanol–water partition coefficient (Wildman–Crippen LogP) is 2.73. The predicted molar refractivity (Wildman–Crippen MR) is 82.4 cm³/mol. The van der Waals surface area contributed by atoms with E-state index < -0.39 is 15.8 Å². The molecule has 7 heteroatoms. The van der Waals surface area contributed by atoms with Gasteiger partial charge in [-0.25, -0.2) is 12.8 Å². The lowest BCUT2D eigenvalue weighted by Gasteiger charge is -2.17. The van der Waals surface area contributed by atoms with Gasteiger partial charge in [0, 0.05) is 31.4 Å². The lowest BCUT2D eigenvalue weighted by Crippen LogP contribution is -2.26. The third-order valence-electron chi connectivity index (χ3n) is 3.41. The minimum absolute atomic E-state index is 0.0251. The Morgan fingerprint density at radius 1 is 1.36 bits per heavy atom. The summed E-state index contributed by atoms with van der Waals surface area (Å²) in [4.78, 5) is 0.108. The Labute approximate surface area is 130 Å². The first-order valence-corrected chi connectivity index (χ1v) is 8.41. The van der Waals surface area contributed by atoms with Crippen molar-refractivity contribution in [3.05, 3.63) is 47.5 Å². The second kappa shape index (κ2) is 6.18. The molecule has 5 nitrogen and oxygen atoms in total. The summed E-state index contributed by atoms with van der Waals surface area (Å²) in [7, 11) is -2.26. The largest absolute Gasteiger partial charge is 0.269 e. The van der Waals surface area contributed by atoms with E-state index in [1.165, 1.54) is 25.5 Å². The van der Waals surface area contributed by atoms with Crippen LogP contribution < -0.4 is 0 Å². The number of rotatable bonds is 5. The van der Waals surface area contributed by atoms with E-state index in [9.17, 15) is 12.8 Å². The molecular formula is C15H20FN3O2S. The molecule has 1 heterocycles. The van der Waals surface area contributed by atoms with Crippen LogP contribution in [-0.2, 0) is 16.6 Å². The van der Waals surface area contributed by atoms with Gasteiger partial charge < -0.3 is 0 Å². The van der Waals surface area contributed by atoms with Crippen LogP contribution in [0, 0.1) is 12.7 Å². The van der Waals surface area contributed by atoms with Crippen LogP contribution in [0.3, 0.4) is 0 Å². The maximum Gasteiger partial charge on any atom is 0.246 e. The third-order valence-corrected chi connectivity index (χ3v) is 5.17. The molecule has 1 aromatic heterocycles. The van der Waals surface area contributed by atoms with Crippen molar-refractivity contribution in [1.29, 1.82) is 0 Å². The lowest BCUT2D eigenvalue weighted by atomic mass is 10.1. The van der Waals surface area contributed by atoms with Gasteiger partial charge in [0.05, 0.1) is 6.20 Å². The van der Waals surface area contributed by atoms with Crippen molar-refractivity contribution in [2.75, 3.05) is 7.05 Å². The molecule has 2 aromatic rings. The van der Waals surface area contributed by atoms with E-state index in [0.29, 0.717) is 5.56 Å². The summed E-state index contributed by atoms with van der Waals surface area (Å²) in [6, 6.07) is 4.73. The number of nitrogens with zero attached hydrogens (tertiary/aromatic N) is 3. The molecule has 0 aliphatic carbocycles. The van der Waals surface area contributed by atoms with Crippen LogP contribution in [0.15, 0.2) is 35.5 Å². The normalized spacial score (nSPS) is 12.3. The molecule has 0 saturated heterocycles. The molecule has 0 N–H and O–H groups in total. The fourth-order valence-corrected chi connectivity index (χ4v) is 3.16. The average Bonchev–Trinajstić information content (AvgIpc) is 2.93. The molecule has 2 rings (SSSR count). The second-order valence-electron chi connectivity index (χ2n) is 5.61. The molecule has 0 amide bonds. The first-order chi connectivity index (χ1) is 10.2. The first-order valence-electron chi connectivity index (χ1n) is 6.97.